The Morgan fingerprint density at radius 1 is 1.13 bits per heavy atom. The minimum absolute atomic E-state index is 0.133. The molecule has 0 rings (SSSR count). The van der Waals surface area contributed by atoms with Gasteiger partial charge < -0.3 is 9.47 Å². The van der Waals surface area contributed by atoms with E-state index in [1.165, 1.54) is 0 Å². The molecule has 0 bridgehead atoms. The van der Waals surface area contributed by atoms with Crippen LogP contribution < -0.4 is 0 Å². The van der Waals surface area contributed by atoms with Crippen LogP contribution in [0.4, 0.5) is 4.39 Å². The number of esters is 2. The van der Waals surface area contributed by atoms with Crippen LogP contribution in [0.25, 0.3) is 0 Å². The molecule has 0 aliphatic rings. The average molecular weight is 220 g/mol. The fraction of sp³-hybridized carbons (Fsp3) is 0.800. The molecule has 0 heterocycles. The number of hydrogen-bond donors (Lipinski definition) is 0. The fourth-order valence-electron chi connectivity index (χ4n) is 1.10. The van der Waals surface area contributed by atoms with Gasteiger partial charge in [-0.15, -0.1) is 0 Å². The summed E-state index contributed by atoms with van der Waals surface area (Å²) in [4.78, 5) is 22.6. The van der Waals surface area contributed by atoms with Gasteiger partial charge in [0, 0.05) is 0 Å². The highest BCUT2D eigenvalue weighted by Gasteiger charge is 2.28. The summed E-state index contributed by atoms with van der Waals surface area (Å²) in [6.07, 6.45) is 0.288. The van der Waals surface area contributed by atoms with Gasteiger partial charge in [0.25, 0.3) is 0 Å². The molecular formula is C10H17FO4. The topological polar surface area (TPSA) is 52.6 Å². The van der Waals surface area contributed by atoms with E-state index in [2.05, 4.69) is 0 Å². The molecule has 0 aliphatic heterocycles. The van der Waals surface area contributed by atoms with Crippen LogP contribution in [0.2, 0.25) is 0 Å². The second-order valence-corrected chi connectivity index (χ2v) is 2.89. The maximum atomic E-state index is 11.9. The molecule has 0 amide bonds. The van der Waals surface area contributed by atoms with Crippen molar-refractivity contribution < 1.29 is 23.5 Å². The van der Waals surface area contributed by atoms with Crippen LogP contribution in [-0.4, -0.2) is 31.8 Å². The van der Waals surface area contributed by atoms with Crippen LogP contribution in [0.3, 0.4) is 0 Å². The predicted molar refractivity (Wildman–Crippen MR) is 52.0 cm³/mol. The Kier molecular flexibility index (Phi) is 7.58. The van der Waals surface area contributed by atoms with E-state index in [4.69, 9.17) is 9.47 Å². The summed E-state index contributed by atoms with van der Waals surface area (Å²) in [6.45, 7) is 3.13. The molecule has 0 radical (unpaired) electrons. The molecule has 5 heteroatoms. The lowest BCUT2D eigenvalue weighted by Gasteiger charge is -2.13. The smallest absolute Gasteiger partial charge is 0.320 e. The molecule has 0 fully saturated rings. The second kappa shape index (κ2) is 8.20. The molecular weight excluding hydrogens is 203 g/mol. The van der Waals surface area contributed by atoms with E-state index in [9.17, 15) is 14.0 Å². The largest absolute Gasteiger partial charge is 0.465 e. The van der Waals surface area contributed by atoms with Crippen molar-refractivity contribution >= 4 is 11.9 Å². The Hall–Kier alpha value is -1.13. The summed E-state index contributed by atoms with van der Waals surface area (Å²) in [5, 5.41) is 0. The van der Waals surface area contributed by atoms with E-state index in [0.29, 0.717) is 0 Å². The highest BCUT2D eigenvalue weighted by atomic mass is 19.1. The molecule has 0 aromatic carbocycles. The van der Waals surface area contributed by atoms with Gasteiger partial charge >= 0.3 is 11.9 Å². The Morgan fingerprint density at radius 2 is 1.60 bits per heavy atom. The molecule has 0 unspecified atom stereocenters. The summed E-state index contributed by atoms with van der Waals surface area (Å²) >= 11 is 0. The third-order valence-electron chi connectivity index (χ3n) is 1.77. The first-order valence-electron chi connectivity index (χ1n) is 5.06. The van der Waals surface area contributed by atoms with Crippen molar-refractivity contribution in [2.45, 2.75) is 26.7 Å². The summed E-state index contributed by atoms with van der Waals surface area (Å²) in [7, 11) is 0. The molecule has 0 atom stereocenters. The standard InChI is InChI=1S/C10H17FO4/c1-3-14-9(12)8(6-5-7-11)10(13)15-4-2/h8H,3-7H2,1-2H3. The number of halogens is 1. The highest BCUT2D eigenvalue weighted by molar-refractivity contribution is 5.94. The van der Waals surface area contributed by atoms with Gasteiger partial charge in [-0.2, -0.15) is 0 Å². The lowest BCUT2D eigenvalue weighted by molar-refractivity contribution is -0.161. The molecule has 0 aliphatic carbocycles. The van der Waals surface area contributed by atoms with E-state index >= 15 is 0 Å². The third kappa shape index (κ3) is 5.34. The lowest BCUT2D eigenvalue weighted by atomic mass is 10.0. The van der Waals surface area contributed by atoms with Gasteiger partial charge in [-0.1, -0.05) is 0 Å². The Balaban J connectivity index is 4.28. The zero-order valence-electron chi connectivity index (χ0n) is 9.12. The summed E-state index contributed by atoms with van der Waals surface area (Å²) in [5.74, 6) is -2.26. The molecule has 0 saturated heterocycles. The highest BCUT2D eigenvalue weighted by Crippen LogP contribution is 2.11. The van der Waals surface area contributed by atoms with Crippen LogP contribution in [-0.2, 0) is 19.1 Å². The molecule has 0 aromatic heterocycles. The van der Waals surface area contributed by atoms with Crippen LogP contribution in [0, 0.1) is 5.92 Å². The van der Waals surface area contributed by atoms with E-state index in [0.717, 1.165) is 0 Å². The van der Waals surface area contributed by atoms with E-state index in [1.54, 1.807) is 13.8 Å². The summed E-state index contributed by atoms with van der Waals surface area (Å²) in [5.41, 5.74) is 0. The fourth-order valence-corrected chi connectivity index (χ4v) is 1.10. The molecule has 4 nitrogen and oxygen atoms in total. The number of carbonyl (C=O) groups is 2. The van der Waals surface area contributed by atoms with Crippen molar-refractivity contribution in [3.8, 4) is 0 Å². The Bertz CT molecular complexity index is 188. The normalized spacial score (nSPS) is 10.1. The molecule has 0 aromatic rings. The molecule has 0 spiro atoms. The van der Waals surface area contributed by atoms with Crippen LogP contribution >= 0.6 is 0 Å². The van der Waals surface area contributed by atoms with Gasteiger partial charge in [-0.25, -0.2) is 0 Å². The van der Waals surface area contributed by atoms with Crippen molar-refractivity contribution in [2.75, 3.05) is 19.9 Å². The van der Waals surface area contributed by atoms with Crippen LogP contribution in [0.15, 0.2) is 0 Å². The van der Waals surface area contributed by atoms with Gasteiger partial charge in [0.15, 0.2) is 5.92 Å². The number of alkyl halides is 1. The second-order valence-electron chi connectivity index (χ2n) is 2.89. The Labute approximate surface area is 88.7 Å². The number of carbonyl (C=O) groups excluding carboxylic acids is 2. The number of rotatable bonds is 7. The van der Waals surface area contributed by atoms with Gasteiger partial charge in [0.2, 0.25) is 0 Å². The summed E-state index contributed by atoms with van der Waals surface area (Å²) < 4.78 is 21.4. The van der Waals surface area contributed by atoms with Crippen molar-refractivity contribution in [1.82, 2.24) is 0 Å². The zero-order valence-corrected chi connectivity index (χ0v) is 9.12. The van der Waals surface area contributed by atoms with Crippen LogP contribution in [0.5, 0.6) is 0 Å². The molecule has 88 valence electrons. The minimum Gasteiger partial charge on any atom is -0.465 e. The minimum atomic E-state index is -0.986. The van der Waals surface area contributed by atoms with Gasteiger partial charge in [0.1, 0.15) is 0 Å². The number of hydrogen-bond acceptors (Lipinski definition) is 4. The predicted octanol–water partition coefficient (Wildman–Crippen LogP) is 1.48. The van der Waals surface area contributed by atoms with Gasteiger partial charge in [-0.3, -0.25) is 14.0 Å². The SMILES string of the molecule is CCOC(=O)C(CCCF)C(=O)OCC. The van der Waals surface area contributed by atoms with E-state index < -0.39 is 24.5 Å². The Morgan fingerprint density at radius 3 is 1.93 bits per heavy atom. The van der Waals surface area contributed by atoms with Crippen molar-refractivity contribution in [3.05, 3.63) is 0 Å². The molecule has 0 saturated carbocycles. The van der Waals surface area contributed by atoms with E-state index in [-0.39, 0.29) is 26.1 Å². The third-order valence-corrected chi connectivity index (χ3v) is 1.77. The summed E-state index contributed by atoms with van der Waals surface area (Å²) in [6, 6.07) is 0. The maximum absolute atomic E-state index is 11.9. The monoisotopic (exact) mass is 220 g/mol. The molecule has 0 N–H and O–H groups in total. The van der Waals surface area contributed by atoms with Gasteiger partial charge in [-0.05, 0) is 26.7 Å². The number of ether oxygens (including phenoxy) is 2. The van der Waals surface area contributed by atoms with Gasteiger partial charge in [0.05, 0.1) is 19.9 Å². The van der Waals surface area contributed by atoms with Crippen molar-refractivity contribution in [1.29, 1.82) is 0 Å². The maximum Gasteiger partial charge on any atom is 0.320 e. The van der Waals surface area contributed by atoms with Crippen molar-refractivity contribution in [3.63, 3.8) is 0 Å². The molecule has 15 heavy (non-hydrogen) atoms. The first kappa shape index (κ1) is 13.9. The first-order valence-corrected chi connectivity index (χ1v) is 5.06. The zero-order chi connectivity index (χ0) is 11.7. The lowest BCUT2D eigenvalue weighted by Crippen LogP contribution is -2.28. The quantitative estimate of drug-likeness (QED) is 0.481. The van der Waals surface area contributed by atoms with Crippen molar-refractivity contribution in [2.24, 2.45) is 5.92 Å². The van der Waals surface area contributed by atoms with E-state index in [1.807, 2.05) is 0 Å². The average Bonchev–Trinajstić information content (AvgIpc) is 2.19. The first-order chi connectivity index (χ1) is 7.17. The van der Waals surface area contributed by atoms with Crippen LogP contribution in [0.1, 0.15) is 26.7 Å².